The Kier molecular flexibility index (Phi) is 14.5. The highest BCUT2D eigenvalue weighted by atomic mass is 35.5. The molecular formula is C50H56BClO6. The predicted octanol–water partition coefficient (Wildman–Crippen LogP) is 11.0. The van der Waals surface area contributed by atoms with E-state index in [2.05, 4.69) is 97.1 Å². The Bertz CT molecular complexity index is 1930. The van der Waals surface area contributed by atoms with Gasteiger partial charge in [0.2, 0.25) is 0 Å². The zero-order valence-electron chi connectivity index (χ0n) is 33.4. The van der Waals surface area contributed by atoms with Crippen LogP contribution < -0.4 is 0 Å². The largest absolute Gasteiger partial charge is 0.430 e. The molecule has 0 radical (unpaired) electrons. The van der Waals surface area contributed by atoms with E-state index in [0.717, 1.165) is 72.2 Å². The minimum Gasteiger partial charge on any atom is -0.430 e. The second-order valence-electron chi connectivity index (χ2n) is 16.3. The van der Waals surface area contributed by atoms with Crippen LogP contribution in [0, 0.1) is 0 Å². The fourth-order valence-corrected chi connectivity index (χ4v) is 9.45. The molecule has 0 N–H and O–H groups in total. The van der Waals surface area contributed by atoms with Crippen LogP contribution in [0.15, 0.2) is 146 Å². The van der Waals surface area contributed by atoms with Crippen molar-refractivity contribution >= 4 is 18.5 Å². The molecule has 58 heavy (non-hydrogen) atoms. The lowest BCUT2D eigenvalue weighted by molar-refractivity contribution is -0.291. The highest BCUT2D eigenvalue weighted by molar-refractivity contribution is 6.57. The van der Waals surface area contributed by atoms with Gasteiger partial charge in [-0.2, -0.15) is 0 Å². The van der Waals surface area contributed by atoms with Gasteiger partial charge in [0.25, 0.3) is 0 Å². The quantitative estimate of drug-likeness (QED) is 0.0874. The van der Waals surface area contributed by atoms with Gasteiger partial charge in [0.1, 0.15) is 29.9 Å². The van der Waals surface area contributed by atoms with Gasteiger partial charge < -0.3 is 28.3 Å². The van der Waals surface area contributed by atoms with Gasteiger partial charge in [-0.05, 0) is 71.5 Å². The standard InChI is InChI=1S/C50H56BClO6/c52-44-29-27-38(28-30-44)31-32-50(51-43-23-13-25-45(58-51)26-14-24-43)49(56-36-42-21-11-4-12-22-42)48(55-35-41-19-9-3-10-20-41)47(54-34-40-17-7-2-8-18-40)46(57-50)37-53-33-39-15-5-1-6-16-39/h1-12,15-22,27-30,43,45-49H,13-14,23-26,31-37H2/t43?,45?,46-,47-,48+,49-,50-/m1/s1. The molecule has 0 spiro atoms. The van der Waals surface area contributed by atoms with Crippen molar-refractivity contribution in [3.8, 4) is 0 Å². The van der Waals surface area contributed by atoms with Gasteiger partial charge in [-0.15, -0.1) is 0 Å². The summed E-state index contributed by atoms with van der Waals surface area (Å²) >= 11 is 6.41. The molecule has 6 nitrogen and oxygen atoms in total. The molecule has 0 unspecified atom stereocenters. The third-order valence-electron chi connectivity index (χ3n) is 12.2. The second-order valence-corrected chi connectivity index (χ2v) is 16.7. The number of aryl methyl sites for hydroxylation is 1. The number of rotatable bonds is 17. The summed E-state index contributed by atoms with van der Waals surface area (Å²) in [5.41, 5.74) is 4.65. The molecule has 5 aromatic carbocycles. The summed E-state index contributed by atoms with van der Waals surface area (Å²) in [5, 5.41) is 0.723. The third-order valence-corrected chi connectivity index (χ3v) is 12.5. The van der Waals surface area contributed by atoms with Crippen LogP contribution in [0.4, 0.5) is 0 Å². The topological polar surface area (TPSA) is 55.4 Å². The first-order valence-corrected chi connectivity index (χ1v) is 21.7. The molecule has 0 amide bonds. The lowest BCUT2D eigenvalue weighted by Crippen LogP contribution is -2.73. The SMILES string of the molecule is Clc1ccc(CC[C@@]2(B3OC4CCCC3CCC4)O[C@H](COCc3ccccc3)[C@@H](OCc3ccccc3)[C@H](OCc3ccccc3)[C@H]2OCc2ccccc2)cc1. The molecule has 5 atom stereocenters. The molecule has 3 aliphatic heterocycles. The van der Waals surface area contributed by atoms with Crippen molar-refractivity contribution in [3.63, 3.8) is 0 Å². The van der Waals surface area contributed by atoms with Crippen LogP contribution in [-0.2, 0) is 61.2 Å². The first-order valence-electron chi connectivity index (χ1n) is 21.3. The van der Waals surface area contributed by atoms with E-state index in [1.807, 2.05) is 48.5 Å². The summed E-state index contributed by atoms with van der Waals surface area (Å²) in [7, 11) is 0. The molecule has 3 heterocycles. The highest BCUT2D eigenvalue weighted by Gasteiger charge is 2.64. The van der Waals surface area contributed by atoms with Gasteiger partial charge in [0, 0.05) is 11.1 Å². The smallest absolute Gasteiger partial charge is 0.332 e. The Labute approximate surface area is 350 Å². The maximum atomic E-state index is 7.84. The molecule has 2 bridgehead atoms. The predicted molar refractivity (Wildman–Crippen MR) is 231 cm³/mol. The highest BCUT2D eigenvalue weighted by Crippen LogP contribution is 2.49. The fourth-order valence-electron chi connectivity index (χ4n) is 9.33. The van der Waals surface area contributed by atoms with Crippen molar-refractivity contribution in [2.24, 2.45) is 0 Å². The Morgan fingerprint density at radius 1 is 0.552 bits per heavy atom. The van der Waals surface area contributed by atoms with E-state index in [9.17, 15) is 0 Å². The monoisotopic (exact) mass is 798 g/mol. The minimum absolute atomic E-state index is 0.173. The van der Waals surface area contributed by atoms with Gasteiger partial charge in [-0.25, -0.2) is 0 Å². The summed E-state index contributed by atoms with van der Waals surface area (Å²) in [6.45, 7) is 1.73. The lowest BCUT2D eigenvalue weighted by atomic mass is 9.39. The number of ether oxygens (including phenoxy) is 5. The molecule has 0 aliphatic carbocycles. The fraction of sp³-hybridized carbons (Fsp3) is 0.400. The first-order chi connectivity index (χ1) is 28.6. The molecule has 3 fully saturated rings. The van der Waals surface area contributed by atoms with Crippen LogP contribution in [0.5, 0.6) is 0 Å². The van der Waals surface area contributed by atoms with Gasteiger partial charge in [0.15, 0.2) is 0 Å². The number of fused-ring (bicyclic) bond motifs is 3. The number of hydrogen-bond acceptors (Lipinski definition) is 6. The zero-order valence-corrected chi connectivity index (χ0v) is 34.2. The summed E-state index contributed by atoms with van der Waals surface area (Å²) in [6.07, 6.45) is 6.13. The van der Waals surface area contributed by atoms with Crippen LogP contribution in [0.1, 0.15) is 72.8 Å². The molecule has 3 saturated heterocycles. The maximum Gasteiger partial charge on any atom is 0.332 e. The van der Waals surface area contributed by atoms with E-state index in [-0.39, 0.29) is 13.0 Å². The van der Waals surface area contributed by atoms with Crippen LogP contribution in [0.25, 0.3) is 0 Å². The summed E-state index contributed by atoms with van der Waals surface area (Å²) in [5.74, 6) is 0.308. The number of benzene rings is 5. The number of halogens is 1. The van der Waals surface area contributed by atoms with Crippen molar-refractivity contribution in [3.05, 3.63) is 178 Å². The summed E-state index contributed by atoms with van der Waals surface area (Å²) in [4.78, 5) is 0. The second kappa shape index (κ2) is 20.5. The Morgan fingerprint density at radius 2 is 1.05 bits per heavy atom. The Balaban J connectivity index is 1.24. The van der Waals surface area contributed by atoms with Gasteiger partial charge in [-0.3, -0.25) is 0 Å². The van der Waals surface area contributed by atoms with Gasteiger partial charge in [0.05, 0.1) is 33.0 Å². The van der Waals surface area contributed by atoms with Crippen LogP contribution >= 0.6 is 11.6 Å². The molecule has 5 aromatic rings. The average molecular weight is 799 g/mol. The molecule has 3 aliphatic rings. The Hall–Kier alpha value is -3.79. The number of hydrogen-bond donors (Lipinski definition) is 0. The van der Waals surface area contributed by atoms with E-state index in [4.69, 9.17) is 39.9 Å². The van der Waals surface area contributed by atoms with Crippen LogP contribution in [0.3, 0.4) is 0 Å². The maximum absolute atomic E-state index is 7.84. The van der Waals surface area contributed by atoms with E-state index in [1.165, 1.54) is 5.56 Å². The van der Waals surface area contributed by atoms with Crippen molar-refractivity contribution in [1.82, 2.24) is 0 Å². The van der Waals surface area contributed by atoms with E-state index in [0.29, 0.717) is 45.3 Å². The normalized spacial score (nSPS) is 25.9. The van der Waals surface area contributed by atoms with E-state index < -0.39 is 29.9 Å². The van der Waals surface area contributed by atoms with Crippen LogP contribution in [0.2, 0.25) is 10.8 Å². The van der Waals surface area contributed by atoms with Crippen LogP contribution in [-0.4, -0.2) is 49.5 Å². The first kappa shape index (κ1) is 41.0. The van der Waals surface area contributed by atoms with Crippen molar-refractivity contribution in [2.45, 2.75) is 120 Å². The van der Waals surface area contributed by atoms with E-state index in [1.54, 1.807) is 0 Å². The van der Waals surface area contributed by atoms with Crippen molar-refractivity contribution < 1.29 is 28.3 Å². The zero-order chi connectivity index (χ0) is 39.4. The molecule has 0 aromatic heterocycles. The third kappa shape index (κ3) is 10.5. The molecule has 0 saturated carbocycles. The summed E-state index contributed by atoms with van der Waals surface area (Å²) in [6, 6.07) is 49.7. The summed E-state index contributed by atoms with van der Waals surface area (Å²) < 4.78 is 43.6. The molecule has 8 rings (SSSR count). The van der Waals surface area contributed by atoms with Crippen molar-refractivity contribution in [1.29, 1.82) is 0 Å². The molecular weight excluding hydrogens is 743 g/mol. The lowest BCUT2D eigenvalue weighted by Gasteiger charge is -2.55. The Morgan fingerprint density at radius 3 is 1.60 bits per heavy atom. The van der Waals surface area contributed by atoms with Gasteiger partial charge in [-0.1, -0.05) is 171 Å². The molecule has 8 heteroatoms. The van der Waals surface area contributed by atoms with Crippen molar-refractivity contribution in [2.75, 3.05) is 6.61 Å². The average Bonchev–Trinajstić information content (AvgIpc) is 3.61. The minimum atomic E-state index is -0.902. The van der Waals surface area contributed by atoms with Gasteiger partial charge >= 0.3 is 6.92 Å². The van der Waals surface area contributed by atoms with E-state index >= 15 is 0 Å². The molecule has 302 valence electrons.